The van der Waals surface area contributed by atoms with Gasteiger partial charge in [-0.15, -0.1) is 5.92 Å². The lowest BCUT2D eigenvalue weighted by Gasteiger charge is -2.25. The first-order chi connectivity index (χ1) is 5.77. The van der Waals surface area contributed by atoms with Crippen molar-refractivity contribution in [2.24, 2.45) is 0 Å². The molecule has 2 heterocycles. The molecule has 2 heteroatoms. The van der Waals surface area contributed by atoms with Crippen LogP contribution in [0.1, 0.15) is 26.2 Å². The number of halogens is 1. The molecule has 2 saturated heterocycles. The predicted molar refractivity (Wildman–Crippen MR) is 46.5 cm³/mol. The zero-order valence-corrected chi connectivity index (χ0v) is 7.44. The summed E-state index contributed by atoms with van der Waals surface area (Å²) in [7, 11) is 0. The quantitative estimate of drug-likeness (QED) is 0.495. The lowest BCUT2D eigenvalue weighted by atomic mass is 9.94. The Morgan fingerprint density at radius 1 is 1.58 bits per heavy atom. The summed E-state index contributed by atoms with van der Waals surface area (Å²) in [6.45, 7) is 3.49. The zero-order chi connectivity index (χ0) is 8.60. The number of hydrogen-bond donors (Lipinski definition) is 0. The average Bonchev–Trinajstić information content (AvgIpc) is 2.44. The maximum Gasteiger partial charge on any atom is 0.116 e. The summed E-state index contributed by atoms with van der Waals surface area (Å²) in [5.74, 6) is 6.12. The minimum Gasteiger partial charge on any atom is -0.284 e. The van der Waals surface area contributed by atoms with E-state index in [-0.39, 0.29) is 5.54 Å². The lowest BCUT2D eigenvalue weighted by molar-refractivity contribution is 0.255. The molecule has 0 aromatic rings. The molecule has 2 aliphatic rings. The summed E-state index contributed by atoms with van der Waals surface area (Å²) < 4.78 is 13.1. The first-order valence-corrected chi connectivity index (χ1v) is 4.60. The zero-order valence-electron chi connectivity index (χ0n) is 7.44. The molecule has 0 bridgehead atoms. The number of nitrogens with zero attached hydrogens (tertiary/aromatic N) is 1. The summed E-state index contributed by atoms with van der Waals surface area (Å²) >= 11 is 0. The van der Waals surface area contributed by atoms with Crippen molar-refractivity contribution in [1.82, 2.24) is 4.90 Å². The average molecular weight is 167 g/mol. The van der Waals surface area contributed by atoms with Crippen molar-refractivity contribution in [3.63, 3.8) is 0 Å². The standard InChI is InChI=1S/C10H14FN/c1-2-4-10-5-3-6-12(10)8-9(11)7-10/h9H,3,5-8H2,1H3. The van der Waals surface area contributed by atoms with E-state index in [0.717, 1.165) is 13.0 Å². The van der Waals surface area contributed by atoms with Crippen LogP contribution in [0.4, 0.5) is 4.39 Å². The molecule has 1 nitrogen and oxygen atoms in total. The highest BCUT2D eigenvalue weighted by atomic mass is 19.1. The van der Waals surface area contributed by atoms with Gasteiger partial charge in [0.05, 0.1) is 5.54 Å². The first kappa shape index (κ1) is 8.07. The van der Waals surface area contributed by atoms with Crippen LogP contribution >= 0.6 is 0 Å². The summed E-state index contributed by atoms with van der Waals surface area (Å²) in [6.07, 6.45) is 2.23. The SMILES string of the molecule is CC#CC12CCCN1CC(F)C2. The van der Waals surface area contributed by atoms with E-state index < -0.39 is 6.17 Å². The fraction of sp³-hybridized carbons (Fsp3) is 0.800. The van der Waals surface area contributed by atoms with Gasteiger partial charge >= 0.3 is 0 Å². The van der Waals surface area contributed by atoms with E-state index >= 15 is 0 Å². The molecular formula is C10H14FN. The van der Waals surface area contributed by atoms with Gasteiger partial charge in [-0.3, -0.25) is 4.90 Å². The third-order valence-electron chi connectivity index (χ3n) is 2.96. The summed E-state index contributed by atoms with van der Waals surface area (Å²) in [5.41, 5.74) is -0.0752. The van der Waals surface area contributed by atoms with Crippen molar-refractivity contribution >= 4 is 0 Å². The van der Waals surface area contributed by atoms with E-state index in [4.69, 9.17) is 0 Å². The van der Waals surface area contributed by atoms with E-state index in [1.165, 1.54) is 6.42 Å². The smallest absolute Gasteiger partial charge is 0.116 e. The molecule has 0 aromatic carbocycles. The molecule has 2 rings (SSSR count). The van der Waals surface area contributed by atoms with Crippen LogP contribution in [-0.2, 0) is 0 Å². The number of fused-ring (bicyclic) bond motifs is 1. The monoisotopic (exact) mass is 167 g/mol. The van der Waals surface area contributed by atoms with Crippen molar-refractivity contribution < 1.29 is 4.39 Å². The van der Waals surface area contributed by atoms with Gasteiger partial charge in [-0.25, -0.2) is 4.39 Å². The van der Waals surface area contributed by atoms with E-state index in [1.54, 1.807) is 0 Å². The van der Waals surface area contributed by atoms with E-state index in [0.29, 0.717) is 13.0 Å². The van der Waals surface area contributed by atoms with Crippen LogP contribution in [0.15, 0.2) is 0 Å². The van der Waals surface area contributed by atoms with Gasteiger partial charge < -0.3 is 0 Å². The molecule has 12 heavy (non-hydrogen) atoms. The molecule has 2 unspecified atom stereocenters. The molecule has 0 radical (unpaired) electrons. The van der Waals surface area contributed by atoms with E-state index in [1.807, 2.05) is 6.92 Å². The molecular weight excluding hydrogens is 153 g/mol. The lowest BCUT2D eigenvalue weighted by Crippen LogP contribution is -2.36. The second-order valence-corrected chi connectivity index (χ2v) is 3.76. The highest BCUT2D eigenvalue weighted by Gasteiger charge is 2.47. The highest BCUT2D eigenvalue weighted by Crippen LogP contribution is 2.39. The van der Waals surface area contributed by atoms with Crippen molar-refractivity contribution in [3.8, 4) is 11.8 Å². The molecule has 0 N–H and O–H groups in total. The van der Waals surface area contributed by atoms with Crippen LogP contribution in [0.2, 0.25) is 0 Å². The molecule has 0 amide bonds. The molecule has 2 fully saturated rings. The number of rotatable bonds is 0. The number of hydrogen-bond acceptors (Lipinski definition) is 1. The molecule has 0 aromatic heterocycles. The van der Waals surface area contributed by atoms with E-state index in [9.17, 15) is 4.39 Å². The largest absolute Gasteiger partial charge is 0.284 e. The Labute approximate surface area is 72.9 Å². The fourth-order valence-electron chi connectivity index (χ4n) is 2.53. The third-order valence-corrected chi connectivity index (χ3v) is 2.96. The normalized spacial score (nSPS) is 40.7. The van der Waals surface area contributed by atoms with Gasteiger partial charge in [0.2, 0.25) is 0 Å². The van der Waals surface area contributed by atoms with Gasteiger partial charge in [-0.1, -0.05) is 5.92 Å². The fourth-order valence-corrected chi connectivity index (χ4v) is 2.53. The molecule has 0 saturated carbocycles. The van der Waals surface area contributed by atoms with Crippen molar-refractivity contribution in [2.75, 3.05) is 13.1 Å². The Hall–Kier alpha value is -0.550. The molecule has 2 aliphatic heterocycles. The highest BCUT2D eigenvalue weighted by molar-refractivity contribution is 5.23. The Bertz CT molecular complexity index is 240. The van der Waals surface area contributed by atoms with Gasteiger partial charge in [-0.2, -0.15) is 0 Å². The summed E-state index contributed by atoms with van der Waals surface area (Å²) in [5, 5.41) is 0. The van der Waals surface area contributed by atoms with Crippen LogP contribution < -0.4 is 0 Å². The van der Waals surface area contributed by atoms with Crippen LogP contribution in [0.25, 0.3) is 0 Å². The van der Waals surface area contributed by atoms with Crippen LogP contribution in [0.5, 0.6) is 0 Å². The molecule has 66 valence electrons. The topological polar surface area (TPSA) is 3.24 Å². The van der Waals surface area contributed by atoms with Crippen LogP contribution in [0, 0.1) is 11.8 Å². The predicted octanol–water partition coefficient (Wildman–Crippen LogP) is 1.59. The second-order valence-electron chi connectivity index (χ2n) is 3.76. The number of alkyl halides is 1. The van der Waals surface area contributed by atoms with Gasteiger partial charge in [0, 0.05) is 13.0 Å². The Morgan fingerprint density at radius 3 is 3.17 bits per heavy atom. The maximum absolute atomic E-state index is 13.1. The van der Waals surface area contributed by atoms with Crippen molar-refractivity contribution in [1.29, 1.82) is 0 Å². The Balaban J connectivity index is 2.24. The van der Waals surface area contributed by atoms with E-state index in [2.05, 4.69) is 16.7 Å². The van der Waals surface area contributed by atoms with Crippen LogP contribution in [0.3, 0.4) is 0 Å². The molecule has 0 aliphatic carbocycles. The molecule has 0 spiro atoms. The van der Waals surface area contributed by atoms with Crippen molar-refractivity contribution in [2.45, 2.75) is 37.9 Å². The molecule has 2 atom stereocenters. The Morgan fingerprint density at radius 2 is 2.42 bits per heavy atom. The minimum absolute atomic E-state index is 0.0752. The second kappa shape index (κ2) is 2.74. The summed E-state index contributed by atoms with van der Waals surface area (Å²) in [4.78, 5) is 2.22. The van der Waals surface area contributed by atoms with Crippen LogP contribution in [-0.4, -0.2) is 29.7 Å². The first-order valence-electron chi connectivity index (χ1n) is 4.60. The maximum atomic E-state index is 13.1. The van der Waals surface area contributed by atoms with Gasteiger partial charge in [0.1, 0.15) is 6.17 Å². The van der Waals surface area contributed by atoms with Gasteiger partial charge in [0.25, 0.3) is 0 Å². The van der Waals surface area contributed by atoms with Gasteiger partial charge in [-0.05, 0) is 26.3 Å². The summed E-state index contributed by atoms with van der Waals surface area (Å²) in [6, 6.07) is 0. The minimum atomic E-state index is -0.647. The van der Waals surface area contributed by atoms with Crippen molar-refractivity contribution in [3.05, 3.63) is 0 Å². The van der Waals surface area contributed by atoms with Gasteiger partial charge in [0.15, 0.2) is 0 Å². The Kier molecular flexibility index (Phi) is 1.84. The third kappa shape index (κ3) is 1.04.